The van der Waals surface area contributed by atoms with Crippen molar-refractivity contribution in [3.8, 4) is 0 Å². The van der Waals surface area contributed by atoms with E-state index in [1.54, 1.807) is 5.56 Å². The van der Waals surface area contributed by atoms with Gasteiger partial charge in [-0.25, -0.2) is 0 Å². The van der Waals surface area contributed by atoms with E-state index in [-0.39, 0.29) is 0 Å². The van der Waals surface area contributed by atoms with Crippen molar-refractivity contribution in [1.82, 2.24) is 0 Å². The van der Waals surface area contributed by atoms with E-state index in [4.69, 9.17) is 0 Å². The standard InChI is InChI=1S/C27H47S2/c1-4-7-9-11-13-15-17-23-28-26-21-19-22-27(25(26)20-6-3)29-24-18-16-14-12-10-8-5-2/h19,21-22H,3-18,20,23-24H2,1-2H3. The van der Waals surface area contributed by atoms with E-state index in [0.29, 0.717) is 0 Å². The summed E-state index contributed by atoms with van der Waals surface area (Å²) in [6, 6.07) is 6.95. The minimum atomic E-state index is 1.000. The summed E-state index contributed by atoms with van der Waals surface area (Å²) in [5.41, 5.74) is 1.57. The summed E-state index contributed by atoms with van der Waals surface area (Å²) < 4.78 is 0. The molecule has 29 heavy (non-hydrogen) atoms. The monoisotopic (exact) mass is 435 g/mol. The van der Waals surface area contributed by atoms with Gasteiger partial charge in [0.2, 0.25) is 0 Å². The van der Waals surface area contributed by atoms with Crippen molar-refractivity contribution >= 4 is 23.5 Å². The molecule has 0 nitrogen and oxygen atoms in total. The van der Waals surface area contributed by atoms with Crippen molar-refractivity contribution in [2.45, 2.75) is 126 Å². The molecule has 1 aromatic carbocycles. The first-order valence-corrected chi connectivity index (χ1v) is 14.5. The van der Waals surface area contributed by atoms with Gasteiger partial charge in [-0.05, 0) is 54.9 Å². The van der Waals surface area contributed by atoms with Gasteiger partial charge in [0.25, 0.3) is 0 Å². The van der Waals surface area contributed by atoms with Gasteiger partial charge in [-0.2, -0.15) is 0 Å². The van der Waals surface area contributed by atoms with E-state index in [9.17, 15) is 0 Å². The molecule has 0 N–H and O–H groups in total. The molecule has 0 fully saturated rings. The molecular weight excluding hydrogens is 388 g/mol. The van der Waals surface area contributed by atoms with Crippen LogP contribution in [0, 0.1) is 6.92 Å². The van der Waals surface area contributed by atoms with Crippen LogP contribution in [0.15, 0.2) is 28.0 Å². The van der Waals surface area contributed by atoms with E-state index < -0.39 is 0 Å². The van der Waals surface area contributed by atoms with Crippen molar-refractivity contribution in [1.29, 1.82) is 0 Å². The SMILES string of the molecule is [CH2]CCc1c(SCCCCCCCCC)cccc1SCCCCCCCCC. The topological polar surface area (TPSA) is 0 Å². The maximum absolute atomic E-state index is 4.14. The fourth-order valence-corrected chi connectivity index (χ4v) is 6.05. The van der Waals surface area contributed by atoms with Crippen LogP contribution in [0.25, 0.3) is 0 Å². The minimum Gasteiger partial charge on any atom is -0.126 e. The summed E-state index contributed by atoms with van der Waals surface area (Å²) >= 11 is 4.17. The quantitative estimate of drug-likeness (QED) is 0.147. The Morgan fingerprint density at radius 1 is 0.621 bits per heavy atom. The molecule has 0 saturated heterocycles. The zero-order valence-corrected chi connectivity index (χ0v) is 21.1. The first-order valence-electron chi connectivity index (χ1n) is 12.5. The van der Waals surface area contributed by atoms with Gasteiger partial charge in [-0.15, -0.1) is 23.5 Å². The molecule has 0 atom stereocenters. The summed E-state index contributed by atoms with van der Waals surface area (Å²) in [4.78, 5) is 3.04. The molecule has 1 aromatic rings. The van der Waals surface area contributed by atoms with Gasteiger partial charge in [0.15, 0.2) is 0 Å². The van der Waals surface area contributed by atoms with Crippen molar-refractivity contribution in [2.75, 3.05) is 11.5 Å². The van der Waals surface area contributed by atoms with Gasteiger partial charge in [0, 0.05) is 9.79 Å². The molecule has 0 aromatic heterocycles. The summed E-state index contributed by atoms with van der Waals surface area (Å²) in [6.07, 6.45) is 21.7. The fourth-order valence-electron chi connectivity index (χ4n) is 3.72. The van der Waals surface area contributed by atoms with Gasteiger partial charge in [0.05, 0.1) is 0 Å². The lowest BCUT2D eigenvalue weighted by atomic mass is 10.1. The molecule has 1 rings (SSSR count). The molecule has 1 radical (unpaired) electrons. The smallest absolute Gasteiger partial charge is 0.0115 e. The van der Waals surface area contributed by atoms with Crippen LogP contribution >= 0.6 is 23.5 Å². The van der Waals surface area contributed by atoms with Crippen LogP contribution in [0.3, 0.4) is 0 Å². The first-order chi connectivity index (χ1) is 14.3. The highest BCUT2D eigenvalue weighted by atomic mass is 32.2. The molecule has 0 aliphatic heterocycles. The second kappa shape index (κ2) is 19.9. The maximum atomic E-state index is 4.14. The normalized spacial score (nSPS) is 11.3. The Morgan fingerprint density at radius 2 is 1.03 bits per heavy atom. The molecule has 0 unspecified atom stereocenters. The molecule has 0 spiro atoms. The van der Waals surface area contributed by atoms with Crippen LogP contribution in [-0.2, 0) is 6.42 Å². The van der Waals surface area contributed by atoms with E-state index >= 15 is 0 Å². The van der Waals surface area contributed by atoms with Gasteiger partial charge < -0.3 is 0 Å². The van der Waals surface area contributed by atoms with Crippen LogP contribution in [0.5, 0.6) is 0 Å². The molecular formula is C27H47S2. The number of hydrogen-bond donors (Lipinski definition) is 0. The highest BCUT2D eigenvalue weighted by molar-refractivity contribution is 8.00. The van der Waals surface area contributed by atoms with Crippen LogP contribution in [-0.4, -0.2) is 11.5 Å². The van der Waals surface area contributed by atoms with E-state index in [1.165, 1.54) is 111 Å². The van der Waals surface area contributed by atoms with Crippen LogP contribution < -0.4 is 0 Å². The molecule has 167 valence electrons. The van der Waals surface area contributed by atoms with Crippen LogP contribution in [0.2, 0.25) is 0 Å². The zero-order chi connectivity index (χ0) is 21.0. The average molecular weight is 436 g/mol. The predicted molar refractivity (Wildman–Crippen MR) is 138 cm³/mol. The second-order valence-corrected chi connectivity index (χ2v) is 10.5. The van der Waals surface area contributed by atoms with Gasteiger partial charge in [0.1, 0.15) is 0 Å². The van der Waals surface area contributed by atoms with E-state index in [0.717, 1.165) is 12.8 Å². The number of rotatable bonds is 20. The lowest BCUT2D eigenvalue weighted by Gasteiger charge is -2.14. The van der Waals surface area contributed by atoms with Gasteiger partial charge in [-0.1, -0.05) is 104 Å². The summed E-state index contributed by atoms with van der Waals surface area (Å²) in [5.74, 6) is 2.54. The summed E-state index contributed by atoms with van der Waals surface area (Å²) in [7, 11) is 0. The molecule has 2 heteroatoms. The Hall–Kier alpha value is -0.0800. The molecule has 0 amide bonds. The average Bonchev–Trinajstić information content (AvgIpc) is 2.73. The van der Waals surface area contributed by atoms with Crippen molar-refractivity contribution in [3.63, 3.8) is 0 Å². The number of unbranched alkanes of at least 4 members (excludes halogenated alkanes) is 12. The van der Waals surface area contributed by atoms with Crippen molar-refractivity contribution in [3.05, 3.63) is 30.7 Å². The predicted octanol–water partition coefficient (Wildman–Crippen LogP) is 10.1. The third-order valence-electron chi connectivity index (χ3n) is 5.53. The van der Waals surface area contributed by atoms with Gasteiger partial charge in [-0.3, -0.25) is 0 Å². The van der Waals surface area contributed by atoms with Crippen molar-refractivity contribution in [2.24, 2.45) is 0 Å². The molecule has 0 saturated carbocycles. The van der Waals surface area contributed by atoms with Crippen molar-refractivity contribution < 1.29 is 0 Å². The largest absolute Gasteiger partial charge is 0.126 e. The second-order valence-electron chi connectivity index (χ2n) is 8.28. The molecule has 0 aliphatic carbocycles. The third-order valence-corrected chi connectivity index (χ3v) is 7.90. The Bertz CT molecular complexity index is 445. The molecule has 0 bridgehead atoms. The molecule has 0 heterocycles. The highest BCUT2D eigenvalue weighted by Gasteiger charge is 2.09. The lowest BCUT2D eigenvalue weighted by Crippen LogP contribution is -1.94. The number of benzene rings is 1. The lowest BCUT2D eigenvalue weighted by molar-refractivity contribution is 0.603. The Balaban J connectivity index is 2.32. The zero-order valence-electron chi connectivity index (χ0n) is 19.5. The highest BCUT2D eigenvalue weighted by Crippen LogP contribution is 2.33. The first kappa shape index (κ1) is 27.0. The van der Waals surface area contributed by atoms with E-state index in [1.807, 2.05) is 0 Å². The Morgan fingerprint density at radius 3 is 1.45 bits per heavy atom. The summed E-state index contributed by atoms with van der Waals surface area (Å²) in [6.45, 7) is 8.72. The summed E-state index contributed by atoms with van der Waals surface area (Å²) in [5, 5.41) is 0. The van der Waals surface area contributed by atoms with Crippen LogP contribution in [0.4, 0.5) is 0 Å². The minimum absolute atomic E-state index is 1.000. The van der Waals surface area contributed by atoms with Gasteiger partial charge >= 0.3 is 0 Å². The Kier molecular flexibility index (Phi) is 18.5. The fraction of sp³-hybridized carbons (Fsp3) is 0.741. The number of thioether (sulfide) groups is 2. The maximum Gasteiger partial charge on any atom is 0.0115 e. The van der Waals surface area contributed by atoms with E-state index in [2.05, 4.69) is 62.5 Å². The number of hydrogen-bond acceptors (Lipinski definition) is 2. The van der Waals surface area contributed by atoms with Crippen LogP contribution in [0.1, 0.15) is 116 Å². The molecule has 0 aliphatic rings. The third kappa shape index (κ3) is 13.8. The Labute approximate surface area is 191 Å².